The lowest BCUT2D eigenvalue weighted by atomic mass is 9.81. The van der Waals surface area contributed by atoms with Crippen molar-refractivity contribution in [2.24, 2.45) is 23.7 Å². The van der Waals surface area contributed by atoms with Gasteiger partial charge >= 0.3 is 5.97 Å². The molecule has 0 radical (unpaired) electrons. The number of hydrogen-bond acceptors (Lipinski definition) is 5. The molecule has 31 heavy (non-hydrogen) atoms. The minimum absolute atomic E-state index is 0.0733. The van der Waals surface area contributed by atoms with Crippen LogP contribution in [0.15, 0.2) is 22.7 Å². The molecule has 3 fully saturated rings. The standard InChI is InChI=1S/C21H21Br3N2O5/c1-8-5-10(3-4-13(8)22)25-14(27)7-31-21(30)9(2)26-19(28)15-11-6-12(16(15)20(26)29)18(24)17(11)23/h3-5,9,11-12,15-18H,6-7H2,1-2H3,(H,25,27)/t9-,11+,12+,15-,16+,17-,18-/m0/s1. The van der Waals surface area contributed by atoms with E-state index in [1.54, 1.807) is 12.1 Å². The monoisotopic (exact) mass is 618 g/mol. The summed E-state index contributed by atoms with van der Waals surface area (Å²) in [4.78, 5) is 52.0. The minimum atomic E-state index is -1.07. The van der Waals surface area contributed by atoms with E-state index >= 15 is 0 Å². The molecule has 0 aromatic heterocycles. The highest BCUT2D eigenvalue weighted by molar-refractivity contribution is 9.12. The lowest BCUT2D eigenvalue weighted by Crippen LogP contribution is -2.45. The highest BCUT2D eigenvalue weighted by Crippen LogP contribution is 2.60. The van der Waals surface area contributed by atoms with Crippen LogP contribution >= 0.6 is 47.8 Å². The summed E-state index contributed by atoms with van der Waals surface area (Å²) in [5, 5.41) is 2.66. The maximum absolute atomic E-state index is 13.0. The molecule has 166 valence electrons. The lowest BCUT2D eigenvalue weighted by molar-refractivity contribution is -0.159. The van der Waals surface area contributed by atoms with E-state index in [0.717, 1.165) is 21.4 Å². The molecule has 1 aliphatic heterocycles. The summed E-state index contributed by atoms with van der Waals surface area (Å²) < 4.78 is 6.03. The number of nitrogens with one attached hydrogen (secondary N) is 1. The van der Waals surface area contributed by atoms with E-state index in [1.807, 2.05) is 13.0 Å². The van der Waals surface area contributed by atoms with E-state index in [9.17, 15) is 19.2 Å². The van der Waals surface area contributed by atoms with Crippen molar-refractivity contribution in [2.45, 2.75) is 36.0 Å². The molecule has 2 bridgehead atoms. The summed E-state index contributed by atoms with van der Waals surface area (Å²) in [5.41, 5.74) is 1.53. The Balaban J connectivity index is 1.36. The van der Waals surface area contributed by atoms with Crippen LogP contribution in [0.5, 0.6) is 0 Å². The number of hydrogen-bond donors (Lipinski definition) is 1. The third kappa shape index (κ3) is 3.88. The number of halogens is 3. The fraction of sp³-hybridized carbons (Fsp3) is 0.524. The number of rotatable bonds is 5. The second-order valence-electron chi connectivity index (χ2n) is 8.35. The number of carbonyl (C=O) groups excluding carboxylic acids is 4. The molecule has 3 aliphatic rings. The number of carbonyl (C=O) groups is 4. The molecule has 3 amide bonds. The normalized spacial score (nSPS) is 32.2. The Morgan fingerprint density at radius 2 is 1.74 bits per heavy atom. The molecule has 2 saturated carbocycles. The number of alkyl halides is 2. The summed E-state index contributed by atoms with van der Waals surface area (Å²) >= 11 is 10.7. The van der Waals surface area contributed by atoms with Crippen molar-refractivity contribution in [3.8, 4) is 0 Å². The summed E-state index contributed by atoms with van der Waals surface area (Å²) in [6.45, 7) is 2.86. The van der Waals surface area contributed by atoms with Crippen LogP contribution in [0.25, 0.3) is 0 Å². The van der Waals surface area contributed by atoms with Crippen molar-refractivity contribution >= 4 is 77.2 Å². The van der Waals surface area contributed by atoms with Crippen LogP contribution in [0.4, 0.5) is 5.69 Å². The molecule has 1 aromatic carbocycles. The predicted octanol–water partition coefficient (Wildman–Crippen LogP) is 3.41. The first kappa shape index (κ1) is 22.9. The molecule has 0 spiro atoms. The zero-order valence-corrected chi connectivity index (χ0v) is 21.6. The predicted molar refractivity (Wildman–Crippen MR) is 124 cm³/mol. The SMILES string of the molecule is Cc1cc(NC(=O)COC(=O)[C@H](C)N2C(=O)[C@@H]3[C@H]4C[C@@H]([C@H](Br)[C@H]4Br)[C@@H]3C2=O)ccc1Br. The van der Waals surface area contributed by atoms with Crippen molar-refractivity contribution in [3.63, 3.8) is 0 Å². The number of nitrogens with zero attached hydrogens (tertiary/aromatic N) is 1. The number of fused-ring (bicyclic) bond motifs is 5. The number of likely N-dealkylation sites (tertiary alicyclic amines) is 1. The Hall–Kier alpha value is -1.26. The second-order valence-corrected chi connectivity index (χ2v) is 11.3. The number of esters is 1. The highest BCUT2D eigenvalue weighted by Gasteiger charge is 2.67. The first-order valence-electron chi connectivity index (χ1n) is 9.99. The lowest BCUT2D eigenvalue weighted by Gasteiger charge is -2.28. The Morgan fingerprint density at radius 1 is 1.16 bits per heavy atom. The third-order valence-electron chi connectivity index (χ3n) is 6.54. The number of amides is 3. The zero-order chi connectivity index (χ0) is 22.6. The number of benzene rings is 1. The van der Waals surface area contributed by atoms with Crippen LogP contribution in [0, 0.1) is 30.6 Å². The minimum Gasteiger partial charge on any atom is -0.454 e. The van der Waals surface area contributed by atoms with Crippen molar-refractivity contribution in [1.29, 1.82) is 0 Å². The summed E-state index contributed by atoms with van der Waals surface area (Å²) in [7, 11) is 0. The number of imide groups is 1. The van der Waals surface area contributed by atoms with Gasteiger partial charge in [-0.15, -0.1) is 0 Å². The van der Waals surface area contributed by atoms with E-state index in [2.05, 4.69) is 53.1 Å². The van der Waals surface area contributed by atoms with Crippen LogP contribution in [-0.4, -0.2) is 50.9 Å². The molecule has 10 heteroatoms. The van der Waals surface area contributed by atoms with Gasteiger partial charge in [-0.3, -0.25) is 19.3 Å². The smallest absolute Gasteiger partial charge is 0.329 e. The maximum atomic E-state index is 13.0. The van der Waals surface area contributed by atoms with Gasteiger partial charge in [0.1, 0.15) is 6.04 Å². The Morgan fingerprint density at radius 3 is 2.29 bits per heavy atom. The molecule has 7 nitrogen and oxygen atoms in total. The molecule has 1 heterocycles. The van der Waals surface area contributed by atoms with E-state index in [0.29, 0.717) is 5.69 Å². The van der Waals surface area contributed by atoms with Crippen molar-refractivity contribution in [3.05, 3.63) is 28.2 Å². The van der Waals surface area contributed by atoms with Gasteiger partial charge < -0.3 is 10.1 Å². The molecule has 1 aromatic rings. The molecule has 1 N–H and O–H groups in total. The average molecular weight is 621 g/mol. The molecule has 4 rings (SSSR count). The summed E-state index contributed by atoms with van der Waals surface area (Å²) in [5.74, 6) is -2.54. The van der Waals surface area contributed by atoms with Gasteiger partial charge in [0, 0.05) is 19.8 Å². The van der Waals surface area contributed by atoms with Crippen molar-refractivity contribution < 1.29 is 23.9 Å². The van der Waals surface area contributed by atoms with E-state index in [1.165, 1.54) is 6.92 Å². The molecule has 0 unspecified atom stereocenters. The van der Waals surface area contributed by atoms with Gasteiger partial charge in [0.2, 0.25) is 11.8 Å². The van der Waals surface area contributed by atoms with Crippen LogP contribution in [-0.2, 0) is 23.9 Å². The summed E-state index contributed by atoms with van der Waals surface area (Å²) in [6.07, 6.45) is 0.820. The average Bonchev–Trinajstić information content (AvgIpc) is 3.33. The Kier molecular flexibility index (Phi) is 6.35. The van der Waals surface area contributed by atoms with Gasteiger partial charge in [0.25, 0.3) is 5.91 Å². The van der Waals surface area contributed by atoms with Crippen molar-refractivity contribution in [1.82, 2.24) is 4.90 Å². The van der Waals surface area contributed by atoms with Crippen LogP contribution in [0.3, 0.4) is 0 Å². The molecule has 7 atom stereocenters. The van der Waals surface area contributed by atoms with Gasteiger partial charge in [-0.25, -0.2) is 4.79 Å². The molecular weight excluding hydrogens is 600 g/mol. The topological polar surface area (TPSA) is 92.8 Å². The number of anilines is 1. The maximum Gasteiger partial charge on any atom is 0.329 e. The summed E-state index contributed by atoms with van der Waals surface area (Å²) in [6, 6.07) is 4.25. The van der Waals surface area contributed by atoms with Gasteiger partial charge in [-0.05, 0) is 55.9 Å². The van der Waals surface area contributed by atoms with Crippen molar-refractivity contribution in [2.75, 3.05) is 11.9 Å². The van der Waals surface area contributed by atoms with Crippen LogP contribution < -0.4 is 5.32 Å². The molecule has 2 aliphatic carbocycles. The molecule has 1 saturated heterocycles. The second kappa shape index (κ2) is 8.59. The van der Waals surface area contributed by atoms with Gasteiger partial charge in [-0.1, -0.05) is 47.8 Å². The number of aryl methyl sites for hydroxylation is 1. The molecular formula is C21H21Br3N2O5. The number of ether oxygens (including phenoxy) is 1. The highest BCUT2D eigenvalue weighted by atomic mass is 79.9. The van der Waals surface area contributed by atoms with E-state index in [-0.39, 0.29) is 33.3 Å². The van der Waals surface area contributed by atoms with Crippen LogP contribution in [0.1, 0.15) is 18.9 Å². The Labute approximate surface area is 205 Å². The van der Waals surface area contributed by atoms with Crippen LogP contribution in [0.2, 0.25) is 0 Å². The first-order chi connectivity index (χ1) is 14.6. The zero-order valence-electron chi connectivity index (χ0n) is 16.8. The van der Waals surface area contributed by atoms with E-state index < -0.39 is 36.4 Å². The third-order valence-corrected chi connectivity index (χ3v) is 10.6. The fourth-order valence-corrected chi connectivity index (χ4v) is 7.16. The Bertz CT molecular complexity index is 938. The van der Waals surface area contributed by atoms with E-state index in [4.69, 9.17) is 4.74 Å². The van der Waals surface area contributed by atoms with Gasteiger partial charge in [0.05, 0.1) is 11.8 Å². The first-order valence-corrected chi connectivity index (χ1v) is 12.6. The van der Waals surface area contributed by atoms with Gasteiger partial charge in [-0.2, -0.15) is 0 Å². The fourth-order valence-electron chi connectivity index (χ4n) is 5.04. The van der Waals surface area contributed by atoms with Gasteiger partial charge in [0.15, 0.2) is 6.61 Å². The quantitative estimate of drug-likeness (QED) is 0.310. The largest absolute Gasteiger partial charge is 0.454 e.